The summed E-state index contributed by atoms with van der Waals surface area (Å²) in [6.07, 6.45) is 3.63. The van der Waals surface area contributed by atoms with Crippen molar-refractivity contribution in [2.45, 2.75) is 0 Å². The van der Waals surface area contributed by atoms with Crippen molar-refractivity contribution >= 4 is 37.7 Å². The molecule has 4 nitrogen and oxygen atoms in total. The van der Waals surface area contributed by atoms with Crippen LogP contribution in [0, 0.1) is 0 Å². The molecule has 5 aromatic carbocycles. The number of halogens is 1. The molecule has 0 bridgehead atoms. The van der Waals surface area contributed by atoms with Crippen LogP contribution in [0.3, 0.4) is 0 Å². The molecular formula is C39H25BrN4. The molecule has 44 heavy (non-hydrogen) atoms. The van der Waals surface area contributed by atoms with Gasteiger partial charge in [-0.2, -0.15) is 0 Å². The van der Waals surface area contributed by atoms with E-state index in [-0.39, 0.29) is 0 Å². The van der Waals surface area contributed by atoms with E-state index in [1.165, 1.54) is 21.8 Å². The zero-order valence-electron chi connectivity index (χ0n) is 23.6. The molecule has 0 saturated heterocycles. The molecule has 208 valence electrons. The SMILES string of the molecule is Brc1cc(-c2cc(-c3ccc(-c4ccncc4)cc3)nc(-c3ccccc3)n2)cc(-n2c3ccccc3c3ccccc32)c1. The zero-order chi connectivity index (χ0) is 29.5. The van der Waals surface area contributed by atoms with Gasteiger partial charge in [0.05, 0.1) is 22.4 Å². The standard InChI is InChI=1S/C39H25BrN4/c40-31-22-30(23-32(24-31)44-37-12-6-4-10-33(37)34-11-5-7-13-38(34)44)36-25-35(42-39(43-36)29-8-2-1-3-9-29)28-16-14-26(15-17-28)27-18-20-41-21-19-27/h1-25H. The Balaban J connectivity index is 1.30. The van der Waals surface area contributed by atoms with Crippen molar-refractivity contribution in [3.05, 3.63) is 156 Å². The minimum atomic E-state index is 0.690. The van der Waals surface area contributed by atoms with Crippen LogP contribution in [0.4, 0.5) is 0 Å². The maximum atomic E-state index is 5.10. The number of hydrogen-bond donors (Lipinski definition) is 0. The number of rotatable bonds is 5. The van der Waals surface area contributed by atoms with Crippen LogP contribution in [0.25, 0.3) is 72.5 Å². The highest BCUT2D eigenvalue weighted by molar-refractivity contribution is 9.10. The van der Waals surface area contributed by atoms with Crippen LogP contribution in [0.15, 0.2) is 156 Å². The Hall–Kier alpha value is -5.39. The van der Waals surface area contributed by atoms with Crippen molar-refractivity contribution < 1.29 is 0 Å². The fourth-order valence-corrected chi connectivity index (χ4v) is 6.37. The highest BCUT2D eigenvalue weighted by Gasteiger charge is 2.15. The van der Waals surface area contributed by atoms with E-state index in [2.05, 4.69) is 135 Å². The lowest BCUT2D eigenvalue weighted by atomic mass is 10.0. The van der Waals surface area contributed by atoms with Gasteiger partial charge in [0.15, 0.2) is 5.82 Å². The van der Waals surface area contributed by atoms with Gasteiger partial charge in [-0.05, 0) is 59.7 Å². The maximum absolute atomic E-state index is 5.10. The highest BCUT2D eigenvalue weighted by Crippen LogP contribution is 2.36. The molecule has 0 unspecified atom stereocenters. The van der Waals surface area contributed by atoms with E-state index in [1.54, 1.807) is 0 Å². The predicted molar refractivity (Wildman–Crippen MR) is 184 cm³/mol. The van der Waals surface area contributed by atoms with E-state index >= 15 is 0 Å². The van der Waals surface area contributed by atoms with Gasteiger partial charge in [-0.1, -0.05) is 107 Å². The lowest BCUT2D eigenvalue weighted by molar-refractivity contribution is 1.16. The summed E-state index contributed by atoms with van der Waals surface area (Å²) in [6.45, 7) is 0. The van der Waals surface area contributed by atoms with Crippen LogP contribution in [0.2, 0.25) is 0 Å². The third kappa shape index (κ3) is 4.77. The summed E-state index contributed by atoms with van der Waals surface area (Å²) in [6, 6.07) is 48.5. The minimum absolute atomic E-state index is 0.690. The van der Waals surface area contributed by atoms with Crippen LogP contribution in [-0.4, -0.2) is 19.5 Å². The average molecular weight is 630 g/mol. The quantitative estimate of drug-likeness (QED) is 0.190. The summed E-state index contributed by atoms with van der Waals surface area (Å²) in [5.41, 5.74) is 10.4. The molecule has 3 heterocycles. The number of nitrogens with zero attached hydrogens (tertiary/aromatic N) is 4. The third-order valence-electron chi connectivity index (χ3n) is 7.97. The molecule has 5 heteroatoms. The van der Waals surface area contributed by atoms with Gasteiger partial charge < -0.3 is 4.57 Å². The van der Waals surface area contributed by atoms with E-state index in [0.29, 0.717) is 5.82 Å². The van der Waals surface area contributed by atoms with Gasteiger partial charge in [-0.3, -0.25) is 4.98 Å². The molecule has 8 aromatic rings. The molecule has 0 aliphatic heterocycles. The normalized spacial score (nSPS) is 11.3. The summed E-state index contributed by atoms with van der Waals surface area (Å²) in [4.78, 5) is 14.3. The topological polar surface area (TPSA) is 43.6 Å². The van der Waals surface area contributed by atoms with E-state index < -0.39 is 0 Å². The third-order valence-corrected chi connectivity index (χ3v) is 8.43. The van der Waals surface area contributed by atoms with Crippen LogP contribution >= 0.6 is 15.9 Å². The molecule has 0 radical (unpaired) electrons. The van der Waals surface area contributed by atoms with Crippen molar-refractivity contribution in [3.63, 3.8) is 0 Å². The van der Waals surface area contributed by atoms with Gasteiger partial charge in [0.1, 0.15) is 0 Å². The fraction of sp³-hybridized carbons (Fsp3) is 0. The second kappa shape index (κ2) is 11.0. The monoisotopic (exact) mass is 628 g/mol. The lowest BCUT2D eigenvalue weighted by Gasteiger charge is -2.13. The molecular weight excluding hydrogens is 604 g/mol. The second-order valence-corrected chi connectivity index (χ2v) is 11.6. The largest absolute Gasteiger partial charge is 0.309 e. The van der Waals surface area contributed by atoms with Crippen LogP contribution in [-0.2, 0) is 0 Å². The lowest BCUT2D eigenvalue weighted by Crippen LogP contribution is -1.98. The molecule has 0 spiro atoms. The van der Waals surface area contributed by atoms with Crippen LogP contribution in [0.5, 0.6) is 0 Å². The van der Waals surface area contributed by atoms with Gasteiger partial charge >= 0.3 is 0 Å². The summed E-state index contributed by atoms with van der Waals surface area (Å²) in [5.74, 6) is 0.690. The van der Waals surface area contributed by atoms with Crippen LogP contribution in [0.1, 0.15) is 0 Å². The zero-order valence-corrected chi connectivity index (χ0v) is 25.2. The van der Waals surface area contributed by atoms with Crippen molar-refractivity contribution in [2.24, 2.45) is 0 Å². The van der Waals surface area contributed by atoms with Crippen molar-refractivity contribution in [2.75, 3.05) is 0 Å². The molecule has 0 fully saturated rings. The minimum Gasteiger partial charge on any atom is -0.309 e. The number of para-hydroxylation sites is 2. The number of pyridine rings is 1. The molecule has 0 atom stereocenters. The fourth-order valence-electron chi connectivity index (χ4n) is 5.89. The first-order valence-electron chi connectivity index (χ1n) is 14.5. The molecule has 0 aliphatic rings. The molecule has 0 N–H and O–H groups in total. The van der Waals surface area contributed by atoms with Gasteiger partial charge in [-0.15, -0.1) is 0 Å². The Morgan fingerprint density at radius 1 is 0.455 bits per heavy atom. The average Bonchev–Trinajstić information content (AvgIpc) is 3.43. The smallest absolute Gasteiger partial charge is 0.160 e. The number of benzene rings is 5. The summed E-state index contributed by atoms with van der Waals surface area (Å²) in [7, 11) is 0. The van der Waals surface area contributed by atoms with Crippen molar-refractivity contribution in [1.82, 2.24) is 19.5 Å². The highest BCUT2D eigenvalue weighted by atomic mass is 79.9. The number of hydrogen-bond acceptors (Lipinski definition) is 3. The Bertz CT molecular complexity index is 2220. The van der Waals surface area contributed by atoms with E-state index in [1.807, 2.05) is 42.7 Å². The molecule has 0 aliphatic carbocycles. The van der Waals surface area contributed by atoms with Gasteiger partial charge in [-0.25, -0.2) is 9.97 Å². The molecule has 3 aromatic heterocycles. The van der Waals surface area contributed by atoms with Crippen LogP contribution < -0.4 is 0 Å². The predicted octanol–water partition coefficient (Wildman–Crippen LogP) is 10.4. The maximum Gasteiger partial charge on any atom is 0.160 e. The number of fused-ring (bicyclic) bond motifs is 3. The molecule has 0 amide bonds. The van der Waals surface area contributed by atoms with E-state index in [0.717, 1.165) is 49.4 Å². The molecule has 8 rings (SSSR count). The summed E-state index contributed by atoms with van der Waals surface area (Å²) in [5, 5.41) is 2.46. The summed E-state index contributed by atoms with van der Waals surface area (Å²) < 4.78 is 3.31. The van der Waals surface area contributed by atoms with Gasteiger partial charge in [0.2, 0.25) is 0 Å². The Morgan fingerprint density at radius 3 is 1.70 bits per heavy atom. The first-order chi connectivity index (χ1) is 21.7. The van der Waals surface area contributed by atoms with Gasteiger partial charge in [0.25, 0.3) is 0 Å². The Kier molecular flexibility index (Phi) is 6.58. The van der Waals surface area contributed by atoms with Crippen molar-refractivity contribution in [3.8, 4) is 50.7 Å². The Labute approximate surface area is 263 Å². The van der Waals surface area contributed by atoms with E-state index in [9.17, 15) is 0 Å². The van der Waals surface area contributed by atoms with Gasteiger partial charge in [0, 0.05) is 50.0 Å². The van der Waals surface area contributed by atoms with Crippen molar-refractivity contribution in [1.29, 1.82) is 0 Å². The first kappa shape index (κ1) is 26.3. The number of aromatic nitrogens is 4. The van der Waals surface area contributed by atoms with E-state index in [4.69, 9.17) is 9.97 Å². The molecule has 0 saturated carbocycles. The second-order valence-electron chi connectivity index (χ2n) is 10.7. The summed E-state index contributed by atoms with van der Waals surface area (Å²) >= 11 is 3.82. The Morgan fingerprint density at radius 2 is 1.02 bits per heavy atom. The first-order valence-corrected chi connectivity index (χ1v) is 15.3.